The smallest absolute Gasteiger partial charge is 0.0947 e. The number of nitrogens with zero attached hydrogens (tertiary/aromatic N) is 1. The SMILES string of the molecule is Cl.FCC1CN(Cc2ccsc2)C1. The summed E-state index contributed by atoms with van der Waals surface area (Å²) in [4.78, 5) is 2.28. The van der Waals surface area contributed by atoms with Gasteiger partial charge in [0.2, 0.25) is 0 Å². The van der Waals surface area contributed by atoms with E-state index in [-0.39, 0.29) is 19.1 Å². The summed E-state index contributed by atoms with van der Waals surface area (Å²) in [5.74, 6) is 0.309. The average Bonchev–Trinajstić information content (AvgIpc) is 2.47. The number of rotatable bonds is 3. The van der Waals surface area contributed by atoms with E-state index in [0.29, 0.717) is 5.92 Å². The molecule has 0 bridgehead atoms. The minimum atomic E-state index is -0.153. The molecule has 1 saturated heterocycles. The molecule has 0 amide bonds. The number of hydrogen-bond donors (Lipinski definition) is 0. The van der Waals surface area contributed by atoms with E-state index in [9.17, 15) is 4.39 Å². The monoisotopic (exact) mass is 221 g/mol. The predicted octanol–water partition coefficient (Wildman–Crippen LogP) is 2.57. The molecule has 1 fully saturated rings. The Balaban J connectivity index is 0.000000845. The van der Waals surface area contributed by atoms with Gasteiger partial charge in [0.05, 0.1) is 6.67 Å². The molecule has 1 aromatic heterocycles. The van der Waals surface area contributed by atoms with Crippen molar-refractivity contribution < 1.29 is 4.39 Å². The van der Waals surface area contributed by atoms with Crippen LogP contribution in [-0.4, -0.2) is 24.7 Å². The minimum Gasteiger partial charge on any atom is -0.298 e. The second kappa shape index (κ2) is 4.94. The van der Waals surface area contributed by atoms with Crippen LogP contribution in [0.25, 0.3) is 0 Å². The van der Waals surface area contributed by atoms with E-state index in [1.807, 2.05) is 0 Å². The first-order chi connectivity index (χ1) is 5.88. The van der Waals surface area contributed by atoms with E-state index in [4.69, 9.17) is 0 Å². The molecule has 4 heteroatoms. The number of alkyl halides is 1. The van der Waals surface area contributed by atoms with Crippen molar-refractivity contribution in [1.29, 1.82) is 0 Å². The molecule has 2 rings (SSSR count). The van der Waals surface area contributed by atoms with E-state index in [0.717, 1.165) is 19.6 Å². The van der Waals surface area contributed by atoms with Crippen LogP contribution in [0.2, 0.25) is 0 Å². The Bertz CT molecular complexity index is 234. The molecule has 0 radical (unpaired) electrons. The van der Waals surface area contributed by atoms with Crippen molar-refractivity contribution in [1.82, 2.24) is 4.90 Å². The van der Waals surface area contributed by atoms with Gasteiger partial charge in [-0.05, 0) is 22.4 Å². The quantitative estimate of drug-likeness (QED) is 0.759. The van der Waals surface area contributed by atoms with Gasteiger partial charge < -0.3 is 0 Å². The fourth-order valence-electron chi connectivity index (χ4n) is 1.54. The van der Waals surface area contributed by atoms with Crippen LogP contribution < -0.4 is 0 Å². The number of halogens is 2. The van der Waals surface area contributed by atoms with Crippen molar-refractivity contribution >= 4 is 23.7 Å². The van der Waals surface area contributed by atoms with Gasteiger partial charge in [-0.3, -0.25) is 9.29 Å². The molecule has 0 aromatic carbocycles. The van der Waals surface area contributed by atoms with Crippen LogP contribution in [0.4, 0.5) is 4.39 Å². The molecule has 1 aliphatic heterocycles. The summed E-state index contributed by atoms with van der Waals surface area (Å²) in [6.45, 7) is 2.72. The van der Waals surface area contributed by atoms with Crippen molar-refractivity contribution in [3.63, 3.8) is 0 Å². The number of thiophene rings is 1. The fourth-order valence-corrected chi connectivity index (χ4v) is 2.20. The fraction of sp³-hybridized carbons (Fsp3) is 0.556. The molecular weight excluding hydrogens is 209 g/mol. The standard InChI is InChI=1S/C9H12FNS.ClH/c10-3-9-5-11(6-9)4-8-1-2-12-7-8;/h1-2,7,9H,3-6H2;1H. The highest BCUT2D eigenvalue weighted by Crippen LogP contribution is 2.19. The topological polar surface area (TPSA) is 3.24 Å². The summed E-state index contributed by atoms with van der Waals surface area (Å²) < 4.78 is 12.1. The van der Waals surface area contributed by atoms with Gasteiger partial charge in [-0.2, -0.15) is 11.3 Å². The van der Waals surface area contributed by atoms with Gasteiger partial charge in [-0.15, -0.1) is 12.4 Å². The summed E-state index contributed by atoms with van der Waals surface area (Å²) in [5, 5.41) is 4.24. The highest BCUT2D eigenvalue weighted by Gasteiger charge is 2.25. The maximum absolute atomic E-state index is 12.1. The molecule has 1 aromatic rings. The molecule has 74 valence electrons. The summed E-state index contributed by atoms with van der Waals surface area (Å²) in [6.07, 6.45) is 0. The Morgan fingerprint density at radius 1 is 1.54 bits per heavy atom. The minimum absolute atomic E-state index is 0. The molecule has 0 spiro atoms. The Labute approximate surface area is 88.0 Å². The second-order valence-corrected chi connectivity index (χ2v) is 4.13. The lowest BCUT2D eigenvalue weighted by Crippen LogP contribution is -2.46. The Morgan fingerprint density at radius 3 is 2.85 bits per heavy atom. The molecule has 13 heavy (non-hydrogen) atoms. The molecule has 0 aliphatic carbocycles. The molecule has 2 heterocycles. The Morgan fingerprint density at radius 2 is 2.31 bits per heavy atom. The Hall–Kier alpha value is -0.120. The van der Waals surface area contributed by atoms with Crippen molar-refractivity contribution in [2.24, 2.45) is 5.92 Å². The van der Waals surface area contributed by atoms with Gasteiger partial charge in [-0.25, -0.2) is 0 Å². The van der Waals surface area contributed by atoms with Crippen LogP contribution in [0.3, 0.4) is 0 Å². The lowest BCUT2D eigenvalue weighted by atomic mass is 10.0. The average molecular weight is 222 g/mol. The van der Waals surface area contributed by atoms with Crippen LogP contribution in [-0.2, 0) is 6.54 Å². The molecule has 0 unspecified atom stereocenters. The summed E-state index contributed by atoms with van der Waals surface area (Å²) >= 11 is 1.72. The van der Waals surface area contributed by atoms with Crippen molar-refractivity contribution in [3.05, 3.63) is 22.4 Å². The zero-order chi connectivity index (χ0) is 8.39. The van der Waals surface area contributed by atoms with E-state index in [2.05, 4.69) is 21.7 Å². The lowest BCUT2D eigenvalue weighted by Gasteiger charge is -2.37. The van der Waals surface area contributed by atoms with Crippen LogP contribution in [0.1, 0.15) is 5.56 Å². The maximum atomic E-state index is 12.1. The van der Waals surface area contributed by atoms with Gasteiger partial charge in [0.1, 0.15) is 0 Å². The van der Waals surface area contributed by atoms with Gasteiger partial charge in [-0.1, -0.05) is 0 Å². The third kappa shape index (κ3) is 2.66. The van der Waals surface area contributed by atoms with Crippen LogP contribution >= 0.6 is 23.7 Å². The first-order valence-corrected chi connectivity index (χ1v) is 5.12. The van der Waals surface area contributed by atoms with Crippen molar-refractivity contribution in [3.8, 4) is 0 Å². The lowest BCUT2D eigenvalue weighted by molar-refractivity contribution is 0.0739. The van der Waals surface area contributed by atoms with Crippen LogP contribution in [0, 0.1) is 5.92 Å². The van der Waals surface area contributed by atoms with Crippen molar-refractivity contribution in [2.45, 2.75) is 6.54 Å². The summed E-state index contributed by atoms with van der Waals surface area (Å²) in [6, 6.07) is 2.13. The largest absolute Gasteiger partial charge is 0.298 e. The predicted molar refractivity (Wildman–Crippen MR) is 56.3 cm³/mol. The molecule has 1 aliphatic rings. The van der Waals surface area contributed by atoms with Gasteiger partial charge in [0.25, 0.3) is 0 Å². The molecule has 0 N–H and O–H groups in total. The van der Waals surface area contributed by atoms with E-state index < -0.39 is 0 Å². The van der Waals surface area contributed by atoms with E-state index in [1.54, 1.807) is 11.3 Å². The molecular formula is C9H13ClFNS. The third-order valence-electron chi connectivity index (χ3n) is 2.24. The van der Waals surface area contributed by atoms with Crippen molar-refractivity contribution in [2.75, 3.05) is 19.8 Å². The zero-order valence-corrected chi connectivity index (χ0v) is 8.91. The molecule has 0 saturated carbocycles. The van der Waals surface area contributed by atoms with Gasteiger partial charge in [0, 0.05) is 25.6 Å². The summed E-state index contributed by atoms with van der Waals surface area (Å²) in [5.41, 5.74) is 1.36. The molecule has 1 nitrogen and oxygen atoms in total. The Kier molecular flexibility index (Phi) is 4.16. The van der Waals surface area contributed by atoms with Crippen LogP contribution in [0.15, 0.2) is 16.8 Å². The first kappa shape index (κ1) is 11.0. The zero-order valence-electron chi connectivity index (χ0n) is 7.28. The van der Waals surface area contributed by atoms with Gasteiger partial charge >= 0.3 is 0 Å². The molecule has 0 atom stereocenters. The highest BCUT2D eigenvalue weighted by atomic mass is 35.5. The maximum Gasteiger partial charge on any atom is 0.0947 e. The third-order valence-corrected chi connectivity index (χ3v) is 2.97. The van der Waals surface area contributed by atoms with E-state index in [1.165, 1.54) is 5.56 Å². The second-order valence-electron chi connectivity index (χ2n) is 3.35. The highest BCUT2D eigenvalue weighted by molar-refractivity contribution is 7.07. The summed E-state index contributed by atoms with van der Waals surface area (Å²) in [7, 11) is 0. The number of hydrogen-bond acceptors (Lipinski definition) is 2. The van der Waals surface area contributed by atoms with E-state index >= 15 is 0 Å². The number of likely N-dealkylation sites (tertiary alicyclic amines) is 1. The van der Waals surface area contributed by atoms with Crippen LogP contribution in [0.5, 0.6) is 0 Å². The first-order valence-electron chi connectivity index (χ1n) is 4.18. The van der Waals surface area contributed by atoms with Gasteiger partial charge in [0.15, 0.2) is 0 Å². The normalized spacial score (nSPS) is 17.9.